The zero-order valence-electron chi connectivity index (χ0n) is 16.2. The molecule has 1 aliphatic heterocycles. The molecule has 0 aromatic rings. The van der Waals surface area contributed by atoms with E-state index in [0.717, 1.165) is 0 Å². The van der Waals surface area contributed by atoms with Crippen LogP contribution in [0.5, 0.6) is 0 Å². The van der Waals surface area contributed by atoms with Gasteiger partial charge in [-0.25, -0.2) is 0 Å². The van der Waals surface area contributed by atoms with Gasteiger partial charge in [0, 0.05) is 11.8 Å². The molecular weight excluding hydrogens is 372 g/mol. The standard InChI is InChI=1S/C19H30O9/c1-10-6-12(22)7-18(3,19(10,26)5-4-11(2)21)9-27-17-16(25)15(24)14(23)13(8-20)28-17/h4-6,11,13-17,20-21,23-26H,7-9H2,1-3H3/t11-,13-,14-,15+,16-,17-,18-,19-/m1/s1. The van der Waals surface area contributed by atoms with Gasteiger partial charge in [-0.2, -0.15) is 0 Å². The first-order chi connectivity index (χ1) is 12.9. The third kappa shape index (κ3) is 4.37. The van der Waals surface area contributed by atoms with Gasteiger partial charge in [0.05, 0.1) is 19.3 Å². The highest BCUT2D eigenvalue weighted by Gasteiger charge is 2.52. The first-order valence-corrected chi connectivity index (χ1v) is 9.18. The summed E-state index contributed by atoms with van der Waals surface area (Å²) in [7, 11) is 0. The Hall–Kier alpha value is -1.17. The molecule has 28 heavy (non-hydrogen) atoms. The van der Waals surface area contributed by atoms with Crippen molar-refractivity contribution in [3.8, 4) is 0 Å². The Morgan fingerprint density at radius 3 is 2.54 bits per heavy atom. The van der Waals surface area contributed by atoms with E-state index in [4.69, 9.17) is 9.47 Å². The van der Waals surface area contributed by atoms with Crippen LogP contribution >= 0.6 is 0 Å². The molecular formula is C19H30O9. The van der Waals surface area contributed by atoms with Crippen molar-refractivity contribution >= 4 is 5.78 Å². The van der Waals surface area contributed by atoms with E-state index >= 15 is 0 Å². The van der Waals surface area contributed by atoms with Crippen molar-refractivity contribution in [1.29, 1.82) is 0 Å². The maximum atomic E-state index is 12.1. The molecule has 8 atom stereocenters. The van der Waals surface area contributed by atoms with E-state index in [1.807, 2.05) is 0 Å². The Balaban J connectivity index is 2.24. The number of hydrogen-bond acceptors (Lipinski definition) is 9. The first kappa shape index (κ1) is 23.1. The maximum Gasteiger partial charge on any atom is 0.186 e. The summed E-state index contributed by atoms with van der Waals surface area (Å²) in [6.45, 7) is 3.90. The normalized spacial score (nSPS) is 43.2. The van der Waals surface area contributed by atoms with Crippen LogP contribution < -0.4 is 0 Å². The Bertz CT molecular complexity index is 629. The maximum absolute atomic E-state index is 12.1. The molecule has 1 heterocycles. The highest BCUT2D eigenvalue weighted by Crippen LogP contribution is 2.45. The third-order valence-corrected chi connectivity index (χ3v) is 5.49. The van der Waals surface area contributed by atoms with Gasteiger partial charge in [-0.15, -0.1) is 0 Å². The topological polar surface area (TPSA) is 157 Å². The molecule has 0 unspecified atom stereocenters. The van der Waals surface area contributed by atoms with Crippen LogP contribution in [0.4, 0.5) is 0 Å². The number of hydrogen-bond donors (Lipinski definition) is 6. The minimum atomic E-state index is -1.61. The van der Waals surface area contributed by atoms with Gasteiger partial charge < -0.3 is 40.1 Å². The van der Waals surface area contributed by atoms with Gasteiger partial charge in [-0.1, -0.05) is 13.0 Å². The van der Waals surface area contributed by atoms with Crippen LogP contribution in [-0.2, 0) is 14.3 Å². The molecule has 0 aromatic heterocycles. The monoisotopic (exact) mass is 402 g/mol. The van der Waals surface area contributed by atoms with Crippen LogP contribution in [0.15, 0.2) is 23.8 Å². The molecule has 9 heteroatoms. The summed E-state index contributed by atoms with van der Waals surface area (Å²) >= 11 is 0. The summed E-state index contributed by atoms with van der Waals surface area (Å²) in [5.74, 6) is -0.215. The van der Waals surface area contributed by atoms with E-state index < -0.39 is 54.4 Å². The average molecular weight is 402 g/mol. The molecule has 6 N–H and O–H groups in total. The number of aliphatic hydroxyl groups excluding tert-OH is 5. The second-order valence-corrected chi connectivity index (χ2v) is 7.91. The van der Waals surface area contributed by atoms with E-state index in [1.54, 1.807) is 13.8 Å². The molecule has 2 rings (SSSR count). The van der Waals surface area contributed by atoms with Crippen LogP contribution in [-0.4, -0.2) is 92.0 Å². The van der Waals surface area contributed by atoms with Crippen molar-refractivity contribution in [2.45, 2.75) is 69.6 Å². The van der Waals surface area contributed by atoms with E-state index in [0.29, 0.717) is 5.57 Å². The molecule has 0 spiro atoms. The van der Waals surface area contributed by atoms with Gasteiger partial charge in [-0.05, 0) is 31.6 Å². The number of ketones is 1. The predicted molar refractivity (Wildman–Crippen MR) is 97.0 cm³/mol. The summed E-state index contributed by atoms with van der Waals surface area (Å²) in [4.78, 5) is 12.1. The van der Waals surface area contributed by atoms with Gasteiger partial charge in [-0.3, -0.25) is 4.79 Å². The lowest BCUT2D eigenvalue weighted by Crippen LogP contribution is -2.60. The largest absolute Gasteiger partial charge is 0.394 e. The minimum absolute atomic E-state index is 0.0671. The minimum Gasteiger partial charge on any atom is -0.394 e. The van der Waals surface area contributed by atoms with Crippen molar-refractivity contribution in [3.63, 3.8) is 0 Å². The summed E-state index contributed by atoms with van der Waals surface area (Å²) in [6, 6.07) is 0. The van der Waals surface area contributed by atoms with Gasteiger partial charge in [0.1, 0.15) is 30.0 Å². The summed E-state index contributed by atoms with van der Waals surface area (Å²) in [5.41, 5.74) is -2.39. The Kier molecular flexibility index (Phi) is 7.17. The zero-order valence-corrected chi connectivity index (χ0v) is 16.2. The van der Waals surface area contributed by atoms with E-state index in [9.17, 15) is 35.4 Å². The van der Waals surface area contributed by atoms with Crippen molar-refractivity contribution < 1.29 is 44.9 Å². The van der Waals surface area contributed by atoms with Crippen LogP contribution in [0, 0.1) is 5.41 Å². The molecule has 2 aliphatic rings. The van der Waals surface area contributed by atoms with Crippen molar-refractivity contribution in [1.82, 2.24) is 0 Å². The lowest BCUT2D eigenvalue weighted by molar-refractivity contribution is -0.308. The number of rotatable bonds is 6. The molecule has 9 nitrogen and oxygen atoms in total. The number of carbonyl (C=O) groups is 1. The molecule has 0 aromatic carbocycles. The van der Waals surface area contributed by atoms with E-state index in [1.165, 1.54) is 25.2 Å². The van der Waals surface area contributed by atoms with Gasteiger partial charge in [0.2, 0.25) is 0 Å². The molecule has 1 aliphatic carbocycles. The Labute approximate surface area is 163 Å². The predicted octanol–water partition coefficient (Wildman–Crippen LogP) is -1.60. The fourth-order valence-electron chi connectivity index (χ4n) is 3.64. The highest BCUT2D eigenvalue weighted by atomic mass is 16.7. The number of ether oxygens (including phenoxy) is 2. The molecule has 1 fully saturated rings. The Morgan fingerprint density at radius 2 is 1.96 bits per heavy atom. The second-order valence-electron chi connectivity index (χ2n) is 7.91. The summed E-state index contributed by atoms with van der Waals surface area (Å²) in [6.07, 6.45) is -3.92. The van der Waals surface area contributed by atoms with Crippen LogP contribution in [0.3, 0.4) is 0 Å². The highest BCUT2D eigenvalue weighted by molar-refractivity contribution is 5.92. The quantitative estimate of drug-likeness (QED) is 0.288. The fourth-order valence-corrected chi connectivity index (χ4v) is 3.64. The van der Waals surface area contributed by atoms with Gasteiger partial charge in [0.15, 0.2) is 12.1 Å². The van der Waals surface area contributed by atoms with Gasteiger partial charge >= 0.3 is 0 Å². The molecule has 0 bridgehead atoms. The van der Waals surface area contributed by atoms with Crippen molar-refractivity contribution in [3.05, 3.63) is 23.8 Å². The molecule has 0 radical (unpaired) electrons. The number of carbonyl (C=O) groups excluding carboxylic acids is 1. The van der Waals surface area contributed by atoms with Crippen LogP contribution in [0.1, 0.15) is 27.2 Å². The average Bonchev–Trinajstić information content (AvgIpc) is 2.62. The molecule has 0 amide bonds. The van der Waals surface area contributed by atoms with Crippen LogP contribution in [0.2, 0.25) is 0 Å². The van der Waals surface area contributed by atoms with Crippen molar-refractivity contribution in [2.75, 3.05) is 13.2 Å². The lowest BCUT2D eigenvalue weighted by Gasteiger charge is -2.47. The SMILES string of the molecule is CC1=CC(=O)C[C@](C)(CO[C@@H]2O[C@H](CO)[C@@H](O)[C@H](O)[C@H]2O)[C@@]1(O)C=C[C@@H](C)O. The van der Waals surface area contributed by atoms with Gasteiger partial charge in [0.25, 0.3) is 0 Å². The first-order valence-electron chi connectivity index (χ1n) is 9.18. The molecule has 0 saturated carbocycles. The van der Waals surface area contributed by atoms with E-state index in [2.05, 4.69) is 0 Å². The van der Waals surface area contributed by atoms with Crippen molar-refractivity contribution in [2.24, 2.45) is 5.41 Å². The smallest absolute Gasteiger partial charge is 0.186 e. The number of allylic oxidation sites excluding steroid dienone is 1. The van der Waals surface area contributed by atoms with E-state index in [-0.39, 0.29) is 18.8 Å². The summed E-state index contributed by atoms with van der Waals surface area (Å²) < 4.78 is 10.9. The fraction of sp³-hybridized carbons (Fsp3) is 0.737. The summed E-state index contributed by atoms with van der Waals surface area (Å²) in [5, 5.41) is 59.9. The Morgan fingerprint density at radius 1 is 1.32 bits per heavy atom. The second kappa shape index (κ2) is 8.68. The lowest BCUT2D eigenvalue weighted by atomic mass is 9.63. The third-order valence-electron chi connectivity index (χ3n) is 5.49. The molecule has 160 valence electrons. The zero-order chi connectivity index (χ0) is 21.3. The van der Waals surface area contributed by atoms with Crippen LogP contribution in [0.25, 0.3) is 0 Å². The molecule has 1 saturated heterocycles. The number of aliphatic hydroxyl groups is 6.